The van der Waals surface area contributed by atoms with Crippen molar-refractivity contribution in [2.45, 2.75) is 17.9 Å². The molecule has 0 saturated heterocycles. The largest absolute Gasteiger partial charge is 0.495 e. The second-order valence-corrected chi connectivity index (χ2v) is 7.37. The molecular weight excluding hydrogens is 391 g/mol. The van der Waals surface area contributed by atoms with E-state index in [0.717, 1.165) is 12.1 Å². The number of benzene rings is 2. The Bertz CT molecular complexity index is 964. The van der Waals surface area contributed by atoms with Crippen molar-refractivity contribution in [1.29, 1.82) is 0 Å². The number of carbonyl (C=O) groups is 2. The van der Waals surface area contributed by atoms with Crippen LogP contribution in [-0.4, -0.2) is 40.1 Å². The van der Waals surface area contributed by atoms with E-state index in [1.165, 1.54) is 26.2 Å². The summed E-state index contributed by atoms with van der Waals surface area (Å²) in [6.45, 7) is 0.620. The summed E-state index contributed by atoms with van der Waals surface area (Å²) >= 11 is 0. The number of esters is 1. The van der Waals surface area contributed by atoms with E-state index in [9.17, 15) is 22.4 Å². The van der Waals surface area contributed by atoms with Gasteiger partial charge in [0.25, 0.3) is 5.91 Å². The van der Waals surface area contributed by atoms with E-state index in [1.807, 2.05) is 4.72 Å². The molecule has 2 rings (SSSR count). The Morgan fingerprint density at radius 3 is 2.54 bits per heavy atom. The second kappa shape index (κ2) is 9.29. The molecule has 2 aromatic rings. The van der Waals surface area contributed by atoms with E-state index in [-0.39, 0.29) is 4.90 Å². The van der Waals surface area contributed by atoms with Crippen molar-refractivity contribution in [2.75, 3.05) is 19.0 Å². The highest BCUT2D eigenvalue weighted by Gasteiger charge is 2.21. The minimum absolute atomic E-state index is 0.331. The van der Waals surface area contributed by atoms with Gasteiger partial charge in [0.2, 0.25) is 10.0 Å². The Balaban J connectivity index is 1.90. The lowest BCUT2D eigenvalue weighted by molar-refractivity contribution is -0.151. The SMILES string of the molecule is COc1ccccc1NC(=O)[C@H](C)OC(=O)CNS(=O)(=O)c1cccc(F)c1. The Morgan fingerprint density at radius 2 is 1.86 bits per heavy atom. The molecule has 10 heteroatoms. The molecule has 1 atom stereocenters. The smallest absolute Gasteiger partial charge is 0.321 e. The molecule has 0 spiro atoms. The molecule has 0 aliphatic carbocycles. The molecule has 1 amide bonds. The molecule has 0 heterocycles. The molecular formula is C18H19FN2O6S. The van der Waals surface area contributed by atoms with Crippen LogP contribution in [0.2, 0.25) is 0 Å². The van der Waals surface area contributed by atoms with Crippen molar-refractivity contribution in [2.24, 2.45) is 0 Å². The first kappa shape index (κ1) is 21.3. The fraction of sp³-hybridized carbons (Fsp3) is 0.222. The molecule has 0 fully saturated rings. The summed E-state index contributed by atoms with van der Waals surface area (Å²) in [7, 11) is -2.66. The zero-order valence-electron chi connectivity index (χ0n) is 15.1. The van der Waals surface area contributed by atoms with Gasteiger partial charge in [-0.2, -0.15) is 4.72 Å². The van der Waals surface area contributed by atoms with E-state index in [4.69, 9.17) is 9.47 Å². The summed E-state index contributed by atoms with van der Waals surface area (Å²) in [6, 6.07) is 11.0. The summed E-state index contributed by atoms with van der Waals surface area (Å²) in [5.74, 6) is -1.89. The van der Waals surface area contributed by atoms with Crippen molar-refractivity contribution in [3.8, 4) is 5.75 Å². The van der Waals surface area contributed by atoms with E-state index in [0.29, 0.717) is 11.4 Å². The fourth-order valence-electron chi connectivity index (χ4n) is 2.15. The molecule has 8 nitrogen and oxygen atoms in total. The highest BCUT2D eigenvalue weighted by atomic mass is 32.2. The standard InChI is InChI=1S/C18H19FN2O6S/c1-12(18(23)21-15-8-3-4-9-16(15)26-2)27-17(22)11-20-28(24,25)14-7-5-6-13(19)10-14/h3-10,12,20H,11H2,1-2H3,(H,21,23)/t12-/m0/s1. The molecule has 0 aromatic heterocycles. The predicted octanol–water partition coefficient (Wildman–Crippen LogP) is 1.68. The lowest BCUT2D eigenvalue weighted by Gasteiger charge is -2.15. The summed E-state index contributed by atoms with van der Waals surface area (Å²) in [6.07, 6.45) is -1.18. The van der Waals surface area contributed by atoms with Crippen molar-refractivity contribution >= 4 is 27.6 Å². The average Bonchev–Trinajstić information content (AvgIpc) is 2.67. The number of para-hydroxylation sites is 2. The van der Waals surface area contributed by atoms with Gasteiger partial charge in [0.05, 0.1) is 17.7 Å². The number of rotatable bonds is 8. The van der Waals surface area contributed by atoms with Crippen LogP contribution in [0.5, 0.6) is 5.75 Å². The van der Waals surface area contributed by atoms with Crippen molar-refractivity contribution in [3.63, 3.8) is 0 Å². The monoisotopic (exact) mass is 410 g/mol. The Kier molecular flexibility index (Phi) is 7.07. The molecule has 2 N–H and O–H groups in total. The molecule has 0 unspecified atom stereocenters. The molecule has 0 radical (unpaired) electrons. The lowest BCUT2D eigenvalue weighted by atomic mass is 10.2. The first-order chi connectivity index (χ1) is 13.2. The van der Waals surface area contributed by atoms with Crippen molar-refractivity contribution < 1.29 is 31.9 Å². The number of methoxy groups -OCH3 is 1. The summed E-state index contributed by atoms with van der Waals surface area (Å²) < 4.78 is 49.3. The van der Waals surface area contributed by atoms with Crippen LogP contribution in [0, 0.1) is 5.82 Å². The van der Waals surface area contributed by atoms with E-state index in [2.05, 4.69) is 5.32 Å². The molecule has 0 bridgehead atoms. The fourth-order valence-corrected chi connectivity index (χ4v) is 3.15. The number of hydrogen-bond donors (Lipinski definition) is 2. The Labute approximate surface area is 161 Å². The van der Waals surface area contributed by atoms with E-state index in [1.54, 1.807) is 24.3 Å². The number of anilines is 1. The van der Waals surface area contributed by atoms with Gasteiger partial charge < -0.3 is 14.8 Å². The van der Waals surface area contributed by atoms with Gasteiger partial charge >= 0.3 is 5.97 Å². The van der Waals surface area contributed by atoms with Gasteiger partial charge in [-0.15, -0.1) is 0 Å². The maximum Gasteiger partial charge on any atom is 0.321 e. The third-order valence-electron chi connectivity index (χ3n) is 3.56. The van der Waals surface area contributed by atoms with Crippen LogP contribution in [0.1, 0.15) is 6.92 Å². The normalized spacial score (nSPS) is 12.1. The highest BCUT2D eigenvalue weighted by Crippen LogP contribution is 2.23. The number of hydrogen-bond acceptors (Lipinski definition) is 6. The number of amides is 1. The number of sulfonamides is 1. The molecule has 0 aliphatic heterocycles. The number of ether oxygens (including phenoxy) is 2. The van der Waals surface area contributed by atoms with Gasteiger partial charge in [0.15, 0.2) is 6.10 Å². The predicted molar refractivity (Wildman–Crippen MR) is 98.8 cm³/mol. The minimum Gasteiger partial charge on any atom is -0.495 e. The first-order valence-corrected chi connectivity index (χ1v) is 9.60. The second-order valence-electron chi connectivity index (χ2n) is 5.60. The minimum atomic E-state index is -4.10. The average molecular weight is 410 g/mol. The topological polar surface area (TPSA) is 111 Å². The molecule has 150 valence electrons. The summed E-state index contributed by atoms with van der Waals surface area (Å²) in [5.41, 5.74) is 0.393. The number of halogens is 1. The van der Waals surface area contributed by atoms with Gasteiger partial charge in [0, 0.05) is 0 Å². The van der Waals surface area contributed by atoms with Crippen LogP contribution >= 0.6 is 0 Å². The van der Waals surface area contributed by atoms with Gasteiger partial charge in [-0.05, 0) is 37.3 Å². The third kappa shape index (κ3) is 5.76. The maximum atomic E-state index is 13.2. The van der Waals surface area contributed by atoms with Crippen molar-refractivity contribution in [1.82, 2.24) is 4.72 Å². The van der Waals surface area contributed by atoms with Crippen LogP contribution < -0.4 is 14.8 Å². The molecule has 2 aromatic carbocycles. The van der Waals surface area contributed by atoms with Crippen LogP contribution in [0.25, 0.3) is 0 Å². The van der Waals surface area contributed by atoms with Gasteiger partial charge in [-0.1, -0.05) is 18.2 Å². The van der Waals surface area contributed by atoms with Crippen LogP contribution in [0.3, 0.4) is 0 Å². The summed E-state index contributed by atoms with van der Waals surface area (Å²) in [4.78, 5) is 23.7. The third-order valence-corrected chi connectivity index (χ3v) is 4.95. The first-order valence-electron chi connectivity index (χ1n) is 8.11. The van der Waals surface area contributed by atoms with Crippen LogP contribution in [0.15, 0.2) is 53.4 Å². The van der Waals surface area contributed by atoms with Crippen molar-refractivity contribution in [3.05, 3.63) is 54.3 Å². The van der Waals surface area contributed by atoms with E-state index < -0.39 is 40.4 Å². The van der Waals surface area contributed by atoms with Gasteiger partial charge in [-0.25, -0.2) is 12.8 Å². The number of carbonyl (C=O) groups excluding carboxylic acids is 2. The van der Waals surface area contributed by atoms with Gasteiger partial charge in [0.1, 0.15) is 18.1 Å². The molecule has 0 aliphatic rings. The quantitative estimate of drug-likeness (QED) is 0.641. The maximum absolute atomic E-state index is 13.2. The molecule has 28 heavy (non-hydrogen) atoms. The van der Waals surface area contributed by atoms with Gasteiger partial charge in [-0.3, -0.25) is 9.59 Å². The van der Waals surface area contributed by atoms with E-state index >= 15 is 0 Å². The zero-order valence-corrected chi connectivity index (χ0v) is 16.0. The summed E-state index contributed by atoms with van der Waals surface area (Å²) in [5, 5.41) is 2.55. The molecule has 0 saturated carbocycles. The van der Waals surface area contributed by atoms with Crippen LogP contribution in [0.4, 0.5) is 10.1 Å². The number of nitrogens with one attached hydrogen (secondary N) is 2. The lowest BCUT2D eigenvalue weighted by Crippen LogP contribution is -2.35. The highest BCUT2D eigenvalue weighted by molar-refractivity contribution is 7.89. The van der Waals surface area contributed by atoms with Crippen LogP contribution in [-0.2, 0) is 24.3 Å². The zero-order chi connectivity index (χ0) is 20.7. The Morgan fingerprint density at radius 1 is 1.14 bits per heavy atom. The Hall–Kier alpha value is -2.98.